The maximum absolute atomic E-state index is 11.0. The smallest absolute Gasteiger partial charge is 0.206 e. The van der Waals surface area contributed by atoms with Crippen LogP contribution in [0.3, 0.4) is 0 Å². The third kappa shape index (κ3) is 2.68. The van der Waals surface area contributed by atoms with Crippen LogP contribution >= 0.6 is 37.9 Å². The molecule has 0 saturated heterocycles. The molecular formula is C7H8BrClO2S2. The van der Waals surface area contributed by atoms with Crippen molar-refractivity contribution in [3.8, 4) is 0 Å². The van der Waals surface area contributed by atoms with Crippen LogP contribution < -0.4 is 0 Å². The average Bonchev–Trinajstić information content (AvgIpc) is 2.29. The van der Waals surface area contributed by atoms with Gasteiger partial charge in [-0.1, -0.05) is 13.8 Å². The molecule has 1 rings (SSSR count). The molecule has 0 aromatic carbocycles. The van der Waals surface area contributed by atoms with E-state index in [1.54, 1.807) is 6.07 Å². The Morgan fingerprint density at radius 2 is 2.08 bits per heavy atom. The number of rotatable bonds is 2. The van der Waals surface area contributed by atoms with Gasteiger partial charge in [0.2, 0.25) is 0 Å². The van der Waals surface area contributed by atoms with Crippen LogP contribution in [0.25, 0.3) is 0 Å². The second-order valence-electron chi connectivity index (χ2n) is 2.87. The standard InChI is InChI=1S/C7H8BrClO2S2/c1-4(2)7-5(8)3-6(12-7)13(9,10)11/h3-4H,1-2H3. The van der Waals surface area contributed by atoms with Crippen LogP contribution in [0, 0.1) is 0 Å². The number of hydrogen-bond donors (Lipinski definition) is 0. The predicted molar refractivity (Wildman–Crippen MR) is 59.1 cm³/mol. The molecule has 2 nitrogen and oxygen atoms in total. The molecular weight excluding hydrogens is 296 g/mol. The fourth-order valence-corrected chi connectivity index (χ4v) is 4.24. The molecule has 0 fully saturated rings. The van der Waals surface area contributed by atoms with Crippen LogP contribution in [-0.2, 0) is 9.05 Å². The highest BCUT2D eigenvalue weighted by Gasteiger charge is 2.18. The lowest BCUT2D eigenvalue weighted by Gasteiger charge is -1.99. The van der Waals surface area contributed by atoms with Crippen LogP contribution in [0.4, 0.5) is 0 Å². The van der Waals surface area contributed by atoms with Gasteiger partial charge < -0.3 is 0 Å². The Labute approximate surface area is 94.5 Å². The lowest BCUT2D eigenvalue weighted by molar-refractivity contribution is 0.611. The van der Waals surface area contributed by atoms with Gasteiger partial charge in [-0.15, -0.1) is 11.3 Å². The van der Waals surface area contributed by atoms with Crippen LogP contribution in [0.15, 0.2) is 14.7 Å². The summed E-state index contributed by atoms with van der Waals surface area (Å²) in [4.78, 5) is 0.999. The van der Waals surface area contributed by atoms with Crippen molar-refractivity contribution < 1.29 is 8.42 Å². The highest BCUT2D eigenvalue weighted by atomic mass is 79.9. The second-order valence-corrected chi connectivity index (χ2v) is 7.60. The van der Waals surface area contributed by atoms with Gasteiger partial charge in [0.25, 0.3) is 9.05 Å². The molecule has 0 N–H and O–H groups in total. The maximum atomic E-state index is 11.0. The van der Waals surface area contributed by atoms with E-state index in [0.29, 0.717) is 5.92 Å². The van der Waals surface area contributed by atoms with Gasteiger partial charge in [0.1, 0.15) is 4.21 Å². The zero-order chi connectivity index (χ0) is 10.2. The molecule has 1 aromatic rings. The molecule has 0 aliphatic heterocycles. The van der Waals surface area contributed by atoms with E-state index in [1.165, 1.54) is 11.3 Å². The molecule has 74 valence electrons. The maximum Gasteiger partial charge on any atom is 0.270 e. The van der Waals surface area contributed by atoms with Crippen molar-refractivity contribution in [1.29, 1.82) is 0 Å². The molecule has 0 saturated carbocycles. The Bertz CT molecular complexity index is 408. The SMILES string of the molecule is CC(C)c1sc(S(=O)(=O)Cl)cc1Br. The third-order valence-electron chi connectivity index (χ3n) is 1.46. The highest BCUT2D eigenvalue weighted by Crippen LogP contribution is 2.36. The van der Waals surface area contributed by atoms with Gasteiger partial charge in [-0.2, -0.15) is 0 Å². The molecule has 0 bridgehead atoms. The average molecular weight is 304 g/mol. The van der Waals surface area contributed by atoms with E-state index in [0.717, 1.165) is 9.35 Å². The summed E-state index contributed by atoms with van der Waals surface area (Å²) in [5.74, 6) is 0.298. The minimum Gasteiger partial charge on any atom is -0.206 e. The first-order valence-electron chi connectivity index (χ1n) is 3.56. The van der Waals surface area contributed by atoms with E-state index in [9.17, 15) is 8.42 Å². The molecule has 13 heavy (non-hydrogen) atoms. The van der Waals surface area contributed by atoms with E-state index in [2.05, 4.69) is 15.9 Å². The molecule has 1 aromatic heterocycles. The van der Waals surface area contributed by atoms with Crippen molar-refractivity contribution in [3.63, 3.8) is 0 Å². The Morgan fingerprint density at radius 3 is 2.31 bits per heavy atom. The normalized spacial score (nSPS) is 12.4. The Kier molecular flexibility index (Phi) is 3.43. The summed E-state index contributed by atoms with van der Waals surface area (Å²) in [5, 5.41) is 0. The zero-order valence-electron chi connectivity index (χ0n) is 7.04. The van der Waals surface area contributed by atoms with Crippen molar-refractivity contribution >= 4 is 47.0 Å². The van der Waals surface area contributed by atoms with Gasteiger partial charge in [0.05, 0.1) is 0 Å². The molecule has 0 radical (unpaired) electrons. The van der Waals surface area contributed by atoms with Crippen LogP contribution in [-0.4, -0.2) is 8.42 Å². The summed E-state index contributed by atoms with van der Waals surface area (Å²) < 4.78 is 23.0. The largest absolute Gasteiger partial charge is 0.270 e. The lowest BCUT2D eigenvalue weighted by atomic mass is 10.2. The van der Waals surface area contributed by atoms with Gasteiger partial charge in [-0.25, -0.2) is 8.42 Å². The highest BCUT2D eigenvalue weighted by molar-refractivity contribution is 9.10. The van der Waals surface area contributed by atoms with Gasteiger partial charge >= 0.3 is 0 Å². The lowest BCUT2D eigenvalue weighted by Crippen LogP contribution is -1.83. The molecule has 0 unspecified atom stereocenters. The summed E-state index contributed by atoms with van der Waals surface area (Å²) in [6.07, 6.45) is 0. The number of halogens is 2. The van der Waals surface area contributed by atoms with Gasteiger partial charge in [0.15, 0.2) is 0 Å². The summed E-state index contributed by atoms with van der Waals surface area (Å²) >= 11 is 4.51. The first-order valence-corrected chi connectivity index (χ1v) is 7.48. The minimum absolute atomic E-state index is 0.199. The Morgan fingerprint density at radius 1 is 1.54 bits per heavy atom. The van der Waals surface area contributed by atoms with E-state index >= 15 is 0 Å². The molecule has 0 aliphatic carbocycles. The summed E-state index contributed by atoms with van der Waals surface area (Å²) in [7, 11) is 1.63. The van der Waals surface area contributed by atoms with Gasteiger partial charge in [-0.05, 0) is 27.9 Å². The second kappa shape index (κ2) is 3.88. The number of hydrogen-bond acceptors (Lipinski definition) is 3. The van der Waals surface area contributed by atoms with Crippen molar-refractivity contribution in [1.82, 2.24) is 0 Å². The fourth-order valence-electron chi connectivity index (χ4n) is 0.875. The Balaban J connectivity index is 3.25. The Hall–Kier alpha value is 0.420. The van der Waals surface area contributed by atoms with Crippen molar-refractivity contribution in [3.05, 3.63) is 15.4 Å². The third-order valence-corrected chi connectivity index (χ3v) is 5.88. The zero-order valence-corrected chi connectivity index (χ0v) is 11.0. The molecule has 0 amide bonds. The first-order chi connectivity index (χ1) is 5.82. The quantitative estimate of drug-likeness (QED) is 0.783. The van der Waals surface area contributed by atoms with Gasteiger partial charge in [-0.3, -0.25) is 0 Å². The molecule has 1 heterocycles. The van der Waals surface area contributed by atoms with Crippen molar-refractivity contribution in [2.45, 2.75) is 24.0 Å². The monoisotopic (exact) mass is 302 g/mol. The topological polar surface area (TPSA) is 34.1 Å². The summed E-state index contributed by atoms with van der Waals surface area (Å²) in [5.41, 5.74) is 0. The van der Waals surface area contributed by atoms with E-state index in [-0.39, 0.29) is 4.21 Å². The molecule has 0 atom stereocenters. The van der Waals surface area contributed by atoms with Crippen molar-refractivity contribution in [2.24, 2.45) is 0 Å². The summed E-state index contributed by atoms with van der Waals surface area (Å²) in [6, 6.07) is 1.54. The minimum atomic E-state index is -3.58. The summed E-state index contributed by atoms with van der Waals surface area (Å²) in [6.45, 7) is 4.00. The van der Waals surface area contributed by atoms with E-state index in [1.807, 2.05) is 13.8 Å². The molecule has 0 spiro atoms. The van der Waals surface area contributed by atoms with Crippen LogP contribution in [0.2, 0.25) is 0 Å². The van der Waals surface area contributed by atoms with Gasteiger partial charge in [0, 0.05) is 20.0 Å². The molecule has 0 aliphatic rings. The predicted octanol–water partition coefficient (Wildman–Crippen LogP) is 3.56. The molecule has 6 heteroatoms. The van der Waals surface area contributed by atoms with Crippen molar-refractivity contribution in [2.75, 3.05) is 0 Å². The first kappa shape index (κ1) is 11.5. The number of thiophene rings is 1. The fraction of sp³-hybridized carbons (Fsp3) is 0.429. The van der Waals surface area contributed by atoms with E-state index in [4.69, 9.17) is 10.7 Å². The van der Waals surface area contributed by atoms with Crippen LogP contribution in [0.1, 0.15) is 24.6 Å². The van der Waals surface area contributed by atoms with Crippen LogP contribution in [0.5, 0.6) is 0 Å². The van der Waals surface area contributed by atoms with E-state index < -0.39 is 9.05 Å².